The van der Waals surface area contributed by atoms with E-state index in [9.17, 15) is 9.59 Å². The van der Waals surface area contributed by atoms with Gasteiger partial charge in [-0.15, -0.1) is 0 Å². The third-order valence-corrected chi connectivity index (χ3v) is 4.96. The van der Waals surface area contributed by atoms with Gasteiger partial charge in [0.05, 0.1) is 6.54 Å². The molecular weight excluding hydrogens is 254 g/mol. The first kappa shape index (κ1) is 13.6. The number of rotatable bonds is 4. The Morgan fingerprint density at radius 2 is 2.20 bits per heavy atom. The number of piperidine rings is 1. The van der Waals surface area contributed by atoms with Gasteiger partial charge in [0, 0.05) is 19.5 Å². The summed E-state index contributed by atoms with van der Waals surface area (Å²) in [6.07, 6.45) is 7.26. The van der Waals surface area contributed by atoms with E-state index in [1.807, 2.05) is 11.8 Å². The molecule has 1 saturated carbocycles. The fraction of sp³-hybridized carbons (Fsp3) is 0.800. The van der Waals surface area contributed by atoms with Crippen molar-refractivity contribution < 1.29 is 9.59 Å². The molecule has 5 heteroatoms. The molecule has 20 heavy (non-hydrogen) atoms. The lowest BCUT2D eigenvalue weighted by molar-refractivity contribution is -0.134. The summed E-state index contributed by atoms with van der Waals surface area (Å²) in [5.41, 5.74) is -0.672. The summed E-state index contributed by atoms with van der Waals surface area (Å²) < 4.78 is 0. The minimum Gasteiger partial charge on any atom is -0.342 e. The molecule has 1 unspecified atom stereocenters. The first-order valence-electron chi connectivity index (χ1n) is 7.78. The van der Waals surface area contributed by atoms with Crippen molar-refractivity contribution in [1.82, 2.24) is 9.80 Å². The second-order valence-electron chi connectivity index (χ2n) is 6.29. The normalized spacial score (nSPS) is 30.6. The minimum absolute atomic E-state index is 0.112. The molecule has 2 heterocycles. The van der Waals surface area contributed by atoms with Gasteiger partial charge in [-0.25, -0.2) is 0 Å². The summed E-state index contributed by atoms with van der Waals surface area (Å²) in [5.74, 6) is 1.78. The molecule has 5 nitrogen and oxygen atoms in total. The van der Waals surface area contributed by atoms with Crippen molar-refractivity contribution in [2.24, 2.45) is 10.9 Å². The van der Waals surface area contributed by atoms with Gasteiger partial charge >= 0.3 is 0 Å². The Bertz CT molecular complexity index is 444. The number of likely N-dealkylation sites (tertiary alicyclic amines) is 1. The molecule has 3 rings (SSSR count). The van der Waals surface area contributed by atoms with Crippen LogP contribution in [0.1, 0.15) is 45.4 Å². The lowest BCUT2D eigenvalue weighted by Crippen LogP contribution is -2.53. The second-order valence-corrected chi connectivity index (χ2v) is 6.29. The van der Waals surface area contributed by atoms with E-state index in [4.69, 9.17) is 4.99 Å². The number of amides is 2. The fourth-order valence-corrected chi connectivity index (χ4v) is 3.59. The molecule has 1 spiro atoms. The quantitative estimate of drug-likeness (QED) is 0.730. The van der Waals surface area contributed by atoms with Crippen molar-refractivity contribution in [2.75, 3.05) is 19.6 Å². The molecule has 0 aromatic carbocycles. The van der Waals surface area contributed by atoms with Crippen LogP contribution in [0.25, 0.3) is 0 Å². The second kappa shape index (κ2) is 5.19. The van der Waals surface area contributed by atoms with E-state index in [1.54, 1.807) is 4.90 Å². The van der Waals surface area contributed by atoms with Crippen molar-refractivity contribution in [1.29, 1.82) is 0 Å². The van der Waals surface area contributed by atoms with Crippen molar-refractivity contribution in [3.8, 4) is 0 Å². The molecule has 0 N–H and O–H groups in total. The van der Waals surface area contributed by atoms with E-state index in [0.717, 1.165) is 38.1 Å². The Hall–Kier alpha value is -1.39. The highest BCUT2D eigenvalue weighted by Crippen LogP contribution is 2.36. The highest BCUT2D eigenvalue weighted by Gasteiger charge is 2.50. The van der Waals surface area contributed by atoms with Gasteiger partial charge in [0.1, 0.15) is 5.84 Å². The number of carbonyl (C=O) groups excluding carboxylic acids is 2. The van der Waals surface area contributed by atoms with Crippen molar-refractivity contribution in [3.05, 3.63) is 0 Å². The zero-order valence-electron chi connectivity index (χ0n) is 12.2. The maximum absolute atomic E-state index is 12.7. The van der Waals surface area contributed by atoms with Gasteiger partial charge in [-0.1, -0.05) is 19.3 Å². The van der Waals surface area contributed by atoms with Crippen LogP contribution in [0.15, 0.2) is 4.99 Å². The highest BCUT2D eigenvalue weighted by molar-refractivity contribution is 6.08. The average Bonchev–Trinajstić information content (AvgIpc) is 2.66. The van der Waals surface area contributed by atoms with Crippen molar-refractivity contribution in [3.63, 3.8) is 0 Å². The Morgan fingerprint density at radius 1 is 1.40 bits per heavy atom. The number of amidine groups is 1. The predicted octanol–water partition coefficient (Wildman–Crippen LogP) is 1.43. The molecule has 0 aromatic rings. The van der Waals surface area contributed by atoms with Crippen LogP contribution in [0.4, 0.5) is 0 Å². The largest absolute Gasteiger partial charge is 0.342 e. The summed E-state index contributed by atoms with van der Waals surface area (Å²) in [5, 5.41) is 0. The average molecular weight is 277 g/mol. The maximum Gasteiger partial charge on any atom is 0.257 e. The summed E-state index contributed by atoms with van der Waals surface area (Å²) >= 11 is 0. The van der Waals surface area contributed by atoms with E-state index in [1.165, 1.54) is 19.3 Å². The molecule has 0 bridgehead atoms. The molecule has 3 aliphatic rings. The lowest BCUT2D eigenvalue weighted by atomic mass is 9.82. The van der Waals surface area contributed by atoms with E-state index in [0.29, 0.717) is 19.0 Å². The molecule has 110 valence electrons. The van der Waals surface area contributed by atoms with Crippen LogP contribution in [0, 0.1) is 5.92 Å². The van der Waals surface area contributed by atoms with E-state index < -0.39 is 5.54 Å². The Labute approximate surface area is 120 Å². The van der Waals surface area contributed by atoms with Gasteiger partial charge in [0.25, 0.3) is 5.91 Å². The third-order valence-electron chi connectivity index (χ3n) is 4.96. The Kier molecular flexibility index (Phi) is 3.52. The van der Waals surface area contributed by atoms with Crippen molar-refractivity contribution >= 4 is 18.2 Å². The van der Waals surface area contributed by atoms with Crippen LogP contribution < -0.4 is 0 Å². The minimum atomic E-state index is -0.672. The van der Waals surface area contributed by atoms with Gasteiger partial charge in [0.2, 0.25) is 6.41 Å². The van der Waals surface area contributed by atoms with Gasteiger partial charge < -0.3 is 4.90 Å². The van der Waals surface area contributed by atoms with Gasteiger partial charge in [-0.3, -0.25) is 19.5 Å². The number of hydrogen-bond donors (Lipinski definition) is 0. The molecular formula is C15H23N3O2. The molecule has 0 aromatic heterocycles. The van der Waals surface area contributed by atoms with Gasteiger partial charge in [-0.2, -0.15) is 0 Å². The topological polar surface area (TPSA) is 53.0 Å². The molecule has 2 amide bonds. The summed E-state index contributed by atoms with van der Waals surface area (Å²) in [4.78, 5) is 32.1. The van der Waals surface area contributed by atoms with Crippen LogP contribution in [-0.2, 0) is 9.59 Å². The molecule has 1 atom stereocenters. The lowest BCUT2D eigenvalue weighted by Gasteiger charge is -2.35. The zero-order chi connectivity index (χ0) is 14.2. The first-order valence-corrected chi connectivity index (χ1v) is 7.78. The molecule has 0 radical (unpaired) electrons. The van der Waals surface area contributed by atoms with E-state index in [2.05, 4.69) is 0 Å². The third kappa shape index (κ3) is 2.13. The van der Waals surface area contributed by atoms with Crippen LogP contribution >= 0.6 is 0 Å². The number of nitrogens with zero attached hydrogens (tertiary/aromatic N) is 3. The number of likely N-dealkylation sites (N-methyl/N-ethyl adjacent to an activating group) is 1. The molecule has 2 fully saturated rings. The Balaban J connectivity index is 1.82. The fourth-order valence-electron chi connectivity index (χ4n) is 3.59. The number of carbonyl (C=O) groups is 2. The number of aliphatic imine (C=N–C) groups is 1. The SMILES string of the molecule is CCN1C(=O)C2(CCCN(C=O)C2)N=C1CC1CCC1. The summed E-state index contributed by atoms with van der Waals surface area (Å²) in [6, 6.07) is 0. The van der Waals surface area contributed by atoms with Gasteiger partial charge in [0.15, 0.2) is 5.54 Å². The summed E-state index contributed by atoms with van der Waals surface area (Å²) in [6.45, 7) is 3.90. The smallest absolute Gasteiger partial charge is 0.257 e. The first-order chi connectivity index (χ1) is 9.68. The molecule has 1 saturated heterocycles. The molecule has 2 aliphatic heterocycles. The van der Waals surface area contributed by atoms with Crippen LogP contribution in [0.3, 0.4) is 0 Å². The van der Waals surface area contributed by atoms with Gasteiger partial charge in [-0.05, 0) is 25.7 Å². The van der Waals surface area contributed by atoms with Crippen molar-refractivity contribution in [2.45, 2.75) is 51.0 Å². The predicted molar refractivity (Wildman–Crippen MR) is 76.4 cm³/mol. The zero-order valence-corrected chi connectivity index (χ0v) is 12.2. The number of hydrogen-bond acceptors (Lipinski definition) is 3. The Morgan fingerprint density at radius 3 is 2.80 bits per heavy atom. The molecule has 1 aliphatic carbocycles. The van der Waals surface area contributed by atoms with E-state index in [-0.39, 0.29) is 5.91 Å². The monoisotopic (exact) mass is 277 g/mol. The van der Waals surface area contributed by atoms with Crippen LogP contribution in [0.5, 0.6) is 0 Å². The highest BCUT2D eigenvalue weighted by atomic mass is 16.2. The maximum atomic E-state index is 12.7. The van der Waals surface area contributed by atoms with Crippen LogP contribution in [-0.4, -0.2) is 53.1 Å². The van der Waals surface area contributed by atoms with Crippen LogP contribution in [0.2, 0.25) is 0 Å². The standard InChI is InChI=1S/C15H23N3O2/c1-2-18-13(9-12-5-3-6-12)16-15(14(18)20)7-4-8-17(10-15)11-19/h11-12H,2-10H2,1H3. The summed E-state index contributed by atoms with van der Waals surface area (Å²) in [7, 11) is 0. The van der Waals surface area contributed by atoms with E-state index >= 15 is 0 Å².